The summed E-state index contributed by atoms with van der Waals surface area (Å²) in [5.74, 6) is 0.432. The number of nitro groups is 1. The second-order valence-corrected chi connectivity index (χ2v) is 5.06. The van der Waals surface area contributed by atoms with Crippen molar-refractivity contribution in [1.29, 1.82) is 0 Å². The highest BCUT2D eigenvalue weighted by Crippen LogP contribution is 2.30. The first-order valence-corrected chi connectivity index (χ1v) is 6.70. The van der Waals surface area contributed by atoms with Crippen LogP contribution in [0.1, 0.15) is 32.5 Å². The third-order valence-electron chi connectivity index (χ3n) is 2.76. The Morgan fingerprint density at radius 1 is 1.40 bits per heavy atom. The quantitative estimate of drug-likeness (QED) is 0.375. The van der Waals surface area contributed by atoms with Crippen molar-refractivity contribution in [1.82, 2.24) is 15.1 Å². The Bertz CT molecular complexity index is 456. The number of aliphatic hydroxyl groups is 1. The van der Waals surface area contributed by atoms with Crippen LogP contribution in [0.15, 0.2) is 0 Å². The first-order chi connectivity index (χ1) is 9.34. The van der Waals surface area contributed by atoms with E-state index in [1.165, 1.54) is 0 Å². The fraction of sp³-hybridized carbons (Fsp3) is 0.750. The third-order valence-corrected chi connectivity index (χ3v) is 2.76. The van der Waals surface area contributed by atoms with Crippen molar-refractivity contribution < 1.29 is 10.0 Å². The molecule has 1 rings (SSSR count). The van der Waals surface area contributed by atoms with E-state index in [0.717, 1.165) is 0 Å². The lowest BCUT2D eigenvalue weighted by Crippen LogP contribution is -2.29. The average Bonchev–Trinajstić information content (AvgIpc) is 2.65. The molecular weight excluding hydrogens is 262 g/mol. The van der Waals surface area contributed by atoms with Gasteiger partial charge in [-0.2, -0.15) is 5.10 Å². The van der Waals surface area contributed by atoms with E-state index in [2.05, 4.69) is 15.7 Å². The van der Waals surface area contributed by atoms with E-state index >= 15 is 0 Å². The van der Waals surface area contributed by atoms with Gasteiger partial charge in [0.15, 0.2) is 0 Å². The molecule has 3 N–H and O–H groups in total. The van der Waals surface area contributed by atoms with Gasteiger partial charge in [-0.25, -0.2) is 4.68 Å². The van der Waals surface area contributed by atoms with Crippen molar-refractivity contribution in [3.8, 4) is 0 Å². The van der Waals surface area contributed by atoms with Crippen molar-refractivity contribution in [2.24, 2.45) is 0 Å². The topological polar surface area (TPSA) is 105 Å². The number of nitrogens with one attached hydrogen (secondary N) is 2. The summed E-state index contributed by atoms with van der Waals surface area (Å²) in [6, 6.07) is 0.0373. The molecule has 114 valence electrons. The SMILES string of the molecule is Cc1nn(C(C)C)c(NCCNCC(C)O)c1[N+](=O)[O-]. The molecule has 0 spiro atoms. The molecular formula is C12H23N5O3. The maximum atomic E-state index is 11.1. The number of hydrogen-bond donors (Lipinski definition) is 3. The first-order valence-electron chi connectivity index (χ1n) is 6.70. The number of hydrogen-bond acceptors (Lipinski definition) is 6. The summed E-state index contributed by atoms with van der Waals surface area (Å²) >= 11 is 0. The van der Waals surface area contributed by atoms with Crippen LogP contribution in [0.3, 0.4) is 0 Å². The molecule has 0 aliphatic carbocycles. The van der Waals surface area contributed by atoms with Gasteiger partial charge in [0.1, 0.15) is 5.69 Å². The standard InChI is InChI=1S/C12H23N5O3/c1-8(2)16-12(11(17(19)20)10(4)15-16)14-6-5-13-7-9(3)18/h8-9,13-14,18H,5-7H2,1-4H3. The van der Waals surface area contributed by atoms with Crippen molar-refractivity contribution >= 4 is 11.5 Å². The van der Waals surface area contributed by atoms with Crippen LogP contribution in [0.2, 0.25) is 0 Å². The smallest absolute Gasteiger partial charge is 0.333 e. The molecule has 1 aromatic rings. The Balaban J connectivity index is 2.74. The van der Waals surface area contributed by atoms with Crippen LogP contribution >= 0.6 is 0 Å². The zero-order valence-electron chi connectivity index (χ0n) is 12.4. The Morgan fingerprint density at radius 3 is 2.55 bits per heavy atom. The zero-order valence-corrected chi connectivity index (χ0v) is 12.4. The Morgan fingerprint density at radius 2 is 2.05 bits per heavy atom. The predicted octanol–water partition coefficient (Wildman–Crippen LogP) is 1.06. The maximum absolute atomic E-state index is 11.1. The molecule has 1 heterocycles. The second kappa shape index (κ2) is 7.20. The van der Waals surface area contributed by atoms with Crippen molar-refractivity contribution in [3.05, 3.63) is 15.8 Å². The van der Waals surface area contributed by atoms with Gasteiger partial charge in [-0.15, -0.1) is 0 Å². The van der Waals surface area contributed by atoms with E-state index in [-0.39, 0.29) is 11.7 Å². The summed E-state index contributed by atoms with van der Waals surface area (Å²) in [6.07, 6.45) is -0.409. The molecule has 1 atom stereocenters. The molecule has 0 fully saturated rings. The normalized spacial score (nSPS) is 12.7. The van der Waals surface area contributed by atoms with Crippen LogP contribution < -0.4 is 10.6 Å². The van der Waals surface area contributed by atoms with E-state index < -0.39 is 11.0 Å². The lowest BCUT2D eigenvalue weighted by molar-refractivity contribution is -0.384. The minimum Gasteiger partial charge on any atom is -0.392 e. The van der Waals surface area contributed by atoms with Crippen molar-refractivity contribution in [2.75, 3.05) is 25.0 Å². The van der Waals surface area contributed by atoms with Gasteiger partial charge >= 0.3 is 5.69 Å². The van der Waals surface area contributed by atoms with E-state index in [1.54, 1.807) is 18.5 Å². The molecule has 1 unspecified atom stereocenters. The van der Waals surface area contributed by atoms with E-state index in [0.29, 0.717) is 31.1 Å². The number of aromatic nitrogens is 2. The number of anilines is 1. The summed E-state index contributed by atoms with van der Waals surface area (Å²) in [7, 11) is 0. The fourth-order valence-corrected chi connectivity index (χ4v) is 1.88. The Kier molecular flexibility index (Phi) is 5.90. The highest BCUT2D eigenvalue weighted by Gasteiger charge is 2.25. The van der Waals surface area contributed by atoms with Gasteiger partial charge in [0.2, 0.25) is 5.82 Å². The Labute approximate surface area is 118 Å². The maximum Gasteiger partial charge on any atom is 0.333 e. The molecule has 8 nitrogen and oxygen atoms in total. The number of aliphatic hydroxyl groups excluding tert-OH is 1. The van der Waals surface area contributed by atoms with Gasteiger partial charge in [0, 0.05) is 25.7 Å². The molecule has 0 aromatic carbocycles. The van der Waals surface area contributed by atoms with Crippen LogP contribution in [0.4, 0.5) is 11.5 Å². The molecule has 0 aliphatic heterocycles. The van der Waals surface area contributed by atoms with Crippen LogP contribution in [0.5, 0.6) is 0 Å². The zero-order chi connectivity index (χ0) is 15.3. The predicted molar refractivity (Wildman–Crippen MR) is 77.0 cm³/mol. The summed E-state index contributed by atoms with van der Waals surface area (Å²) in [6.45, 7) is 8.79. The van der Waals surface area contributed by atoms with Crippen molar-refractivity contribution in [2.45, 2.75) is 39.8 Å². The van der Waals surface area contributed by atoms with Gasteiger partial charge in [0.05, 0.1) is 11.0 Å². The van der Waals surface area contributed by atoms with Crippen molar-refractivity contribution in [3.63, 3.8) is 0 Å². The molecule has 1 aromatic heterocycles. The minimum atomic E-state index is -0.410. The highest BCUT2D eigenvalue weighted by atomic mass is 16.6. The molecule has 0 amide bonds. The second-order valence-electron chi connectivity index (χ2n) is 5.06. The Hall–Kier alpha value is -1.67. The molecule has 8 heteroatoms. The highest BCUT2D eigenvalue weighted by molar-refractivity contribution is 5.59. The fourth-order valence-electron chi connectivity index (χ4n) is 1.88. The first kappa shape index (κ1) is 16.4. The van der Waals surface area contributed by atoms with E-state index in [1.807, 2.05) is 13.8 Å². The molecule has 0 bridgehead atoms. The third kappa shape index (κ3) is 4.17. The number of aryl methyl sites for hydroxylation is 1. The monoisotopic (exact) mass is 285 g/mol. The number of rotatable bonds is 8. The van der Waals surface area contributed by atoms with Crippen LogP contribution in [0, 0.1) is 17.0 Å². The molecule has 0 saturated carbocycles. The number of nitrogens with zero attached hydrogens (tertiary/aromatic N) is 3. The van der Waals surface area contributed by atoms with Gasteiger partial charge in [-0.3, -0.25) is 10.1 Å². The van der Waals surface area contributed by atoms with Crippen LogP contribution in [0.25, 0.3) is 0 Å². The molecule has 0 aliphatic rings. The molecule has 0 radical (unpaired) electrons. The lowest BCUT2D eigenvalue weighted by Gasteiger charge is -2.12. The molecule has 0 saturated heterocycles. The van der Waals surface area contributed by atoms with Crippen LogP contribution in [-0.4, -0.2) is 45.5 Å². The van der Waals surface area contributed by atoms with Gasteiger partial charge in [-0.05, 0) is 27.7 Å². The minimum absolute atomic E-state index is 0.0224. The van der Waals surface area contributed by atoms with Gasteiger partial charge in [0.25, 0.3) is 0 Å². The summed E-state index contributed by atoms with van der Waals surface area (Å²) in [4.78, 5) is 10.7. The largest absolute Gasteiger partial charge is 0.392 e. The average molecular weight is 285 g/mol. The van der Waals surface area contributed by atoms with Gasteiger partial charge < -0.3 is 15.7 Å². The van der Waals surface area contributed by atoms with Gasteiger partial charge in [-0.1, -0.05) is 0 Å². The summed E-state index contributed by atoms with van der Waals surface area (Å²) in [5, 5.41) is 30.6. The van der Waals surface area contributed by atoms with Crippen LogP contribution in [-0.2, 0) is 0 Å². The lowest BCUT2D eigenvalue weighted by atomic mass is 10.3. The molecule has 20 heavy (non-hydrogen) atoms. The van der Waals surface area contributed by atoms with E-state index in [4.69, 9.17) is 5.11 Å². The summed E-state index contributed by atoms with van der Waals surface area (Å²) in [5.41, 5.74) is 0.428. The van der Waals surface area contributed by atoms with E-state index in [9.17, 15) is 10.1 Å². The summed E-state index contributed by atoms with van der Waals surface area (Å²) < 4.78 is 1.63.